The molecule has 1 unspecified atom stereocenters. The number of hydrogen-bond donors (Lipinski definition) is 1. The van der Waals surface area contributed by atoms with Crippen molar-refractivity contribution in [3.8, 4) is 0 Å². The molecule has 1 aromatic rings. The number of hydrogen-bond acceptors (Lipinski definition) is 2. The number of aliphatic carboxylic acids is 1. The maximum atomic E-state index is 11.0. The normalized spacial score (nSPS) is 18.9. The molecule has 2 rings (SSSR count). The number of likely N-dealkylation sites (tertiary alicyclic amines) is 1. The quantitative estimate of drug-likeness (QED) is 0.903. The van der Waals surface area contributed by atoms with Crippen LogP contribution in [0.3, 0.4) is 0 Å². The molecular formula is C15H19Cl2NO2. The topological polar surface area (TPSA) is 40.5 Å². The molecule has 0 radical (unpaired) electrons. The van der Waals surface area contributed by atoms with Crippen LogP contribution in [0.25, 0.3) is 0 Å². The van der Waals surface area contributed by atoms with Crippen LogP contribution in [0, 0.1) is 5.92 Å². The molecule has 1 aliphatic rings. The monoisotopic (exact) mass is 315 g/mol. The molecule has 0 bridgehead atoms. The smallest absolute Gasteiger partial charge is 0.306 e. The summed E-state index contributed by atoms with van der Waals surface area (Å²) in [6.07, 6.45) is 2.33. The molecule has 0 amide bonds. The van der Waals surface area contributed by atoms with Crippen LogP contribution in [0.5, 0.6) is 0 Å². The molecule has 0 aliphatic carbocycles. The van der Waals surface area contributed by atoms with E-state index in [-0.39, 0.29) is 12.0 Å². The van der Waals surface area contributed by atoms with Crippen LogP contribution < -0.4 is 0 Å². The number of carboxylic acid groups (broad SMARTS) is 1. The third kappa shape index (κ3) is 3.27. The molecule has 1 N–H and O–H groups in total. The molecule has 3 nitrogen and oxygen atoms in total. The highest BCUT2D eigenvalue weighted by Crippen LogP contribution is 2.36. The van der Waals surface area contributed by atoms with Crippen molar-refractivity contribution in [1.29, 1.82) is 0 Å². The van der Waals surface area contributed by atoms with Gasteiger partial charge in [-0.05, 0) is 44.0 Å². The van der Waals surface area contributed by atoms with Gasteiger partial charge in [-0.3, -0.25) is 9.69 Å². The second kappa shape index (κ2) is 6.79. The van der Waals surface area contributed by atoms with Crippen LogP contribution in [0.15, 0.2) is 18.2 Å². The third-order valence-electron chi connectivity index (χ3n) is 4.05. The minimum atomic E-state index is -0.682. The molecule has 1 fully saturated rings. The summed E-state index contributed by atoms with van der Waals surface area (Å²) in [6, 6.07) is 5.91. The first-order valence-corrected chi connectivity index (χ1v) is 7.71. The Morgan fingerprint density at radius 2 is 2.05 bits per heavy atom. The first kappa shape index (κ1) is 15.6. The highest BCUT2D eigenvalue weighted by Gasteiger charge is 2.29. The van der Waals surface area contributed by atoms with E-state index in [9.17, 15) is 4.79 Å². The fourth-order valence-corrected chi connectivity index (χ4v) is 3.34. The zero-order valence-corrected chi connectivity index (χ0v) is 13.0. The van der Waals surface area contributed by atoms with Gasteiger partial charge in [0.1, 0.15) is 0 Å². The van der Waals surface area contributed by atoms with E-state index in [2.05, 4.69) is 11.8 Å². The maximum Gasteiger partial charge on any atom is 0.306 e. The first-order chi connectivity index (χ1) is 9.54. The van der Waals surface area contributed by atoms with Crippen LogP contribution in [0.1, 0.15) is 37.8 Å². The summed E-state index contributed by atoms with van der Waals surface area (Å²) in [5.41, 5.74) is 1.04. The minimum absolute atomic E-state index is 0.205. The van der Waals surface area contributed by atoms with E-state index in [0.29, 0.717) is 22.9 Å². The van der Waals surface area contributed by atoms with Gasteiger partial charge in [-0.1, -0.05) is 42.3 Å². The second-order valence-corrected chi connectivity index (χ2v) is 6.00. The summed E-state index contributed by atoms with van der Waals surface area (Å²) in [5, 5.41) is 10.2. The molecule has 0 saturated carbocycles. The zero-order valence-electron chi connectivity index (χ0n) is 11.5. The summed E-state index contributed by atoms with van der Waals surface area (Å²) < 4.78 is 0. The summed E-state index contributed by atoms with van der Waals surface area (Å²) in [6.45, 7) is 3.70. The van der Waals surface area contributed by atoms with E-state index in [1.165, 1.54) is 0 Å². The van der Waals surface area contributed by atoms with Gasteiger partial charge in [0.2, 0.25) is 0 Å². The van der Waals surface area contributed by atoms with E-state index in [0.717, 1.165) is 25.1 Å². The van der Waals surface area contributed by atoms with Gasteiger partial charge in [0.05, 0.1) is 16.0 Å². The molecule has 0 spiro atoms. The number of carboxylic acids is 1. The van der Waals surface area contributed by atoms with Crippen molar-refractivity contribution in [1.82, 2.24) is 4.90 Å². The van der Waals surface area contributed by atoms with Crippen LogP contribution >= 0.6 is 23.2 Å². The Labute approximate surface area is 129 Å². The van der Waals surface area contributed by atoms with E-state index in [4.69, 9.17) is 28.3 Å². The predicted molar refractivity (Wildman–Crippen MR) is 81.4 cm³/mol. The Bertz CT molecular complexity index is 485. The van der Waals surface area contributed by atoms with E-state index in [1.54, 1.807) is 6.07 Å². The minimum Gasteiger partial charge on any atom is -0.481 e. The van der Waals surface area contributed by atoms with Crippen molar-refractivity contribution >= 4 is 29.2 Å². The van der Waals surface area contributed by atoms with Crippen LogP contribution in [0.2, 0.25) is 10.0 Å². The Kier molecular flexibility index (Phi) is 5.30. The summed E-state index contributed by atoms with van der Waals surface area (Å²) in [7, 11) is 0. The van der Waals surface area contributed by atoms with Gasteiger partial charge < -0.3 is 5.11 Å². The lowest BCUT2D eigenvalue weighted by Crippen LogP contribution is -2.38. The number of piperidine rings is 1. The first-order valence-electron chi connectivity index (χ1n) is 6.95. The van der Waals surface area contributed by atoms with E-state index < -0.39 is 5.97 Å². The van der Waals surface area contributed by atoms with Gasteiger partial charge in [-0.2, -0.15) is 0 Å². The van der Waals surface area contributed by atoms with E-state index in [1.807, 2.05) is 12.1 Å². The van der Waals surface area contributed by atoms with Gasteiger partial charge in [0.15, 0.2) is 0 Å². The number of nitrogens with zero attached hydrogens (tertiary/aromatic N) is 1. The molecular weight excluding hydrogens is 297 g/mol. The SMILES string of the molecule is CCC(c1cccc(Cl)c1Cl)N1CCC(C(=O)O)CC1. The largest absolute Gasteiger partial charge is 0.481 e. The van der Waals surface area contributed by atoms with Crippen molar-refractivity contribution < 1.29 is 9.90 Å². The molecule has 110 valence electrons. The molecule has 0 aromatic heterocycles. The highest BCUT2D eigenvalue weighted by atomic mass is 35.5. The average molecular weight is 316 g/mol. The predicted octanol–water partition coefficient (Wildman–Crippen LogP) is 4.24. The molecule has 1 aromatic carbocycles. The lowest BCUT2D eigenvalue weighted by atomic mass is 9.93. The lowest BCUT2D eigenvalue weighted by Gasteiger charge is -2.36. The Hall–Kier alpha value is -0.770. The number of carbonyl (C=O) groups is 1. The van der Waals surface area contributed by atoms with Crippen molar-refractivity contribution in [2.24, 2.45) is 5.92 Å². The number of benzene rings is 1. The van der Waals surface area contributed by atoms with Crippen LogP contribution in [-0.2, 0) is 4.79 Å². The Morgan fingerprint density at radius 3 is 2.60 bits per heavy atom. The van der Waals surface area contributed by atoms with Gasteiger partial charge >= 0.3 is 5.97 Å². The average Bonchev–Trinajstić information content (AvgIpc) is 2.45. The molecule has 1 heterocycles. The highest BCUT2D eigenvalue weighted by molar-refractivity contribution is 6.42. The van der Waals surface area contributed by atoms with Crippen LogP contribution in [-0.4, -0.2) is 29.1 Å². The fourth-order valence-electron chi connectivity index (χ4n) is 2.91. The number of halogens is 2. The van der Waals surface area contributed by atoms with Crippen molar-refractivity contribution in [3.63, 3.8) is 0 Å². The zero-order chi connectivity index (χ0) is 14.7. The fraction of sp³-hybridized carbons (Fsp3) is 0.533. The molecule has 20 heavy (non-hydrogen) atoms. The third-order valence-corrected chi connectivity index (χ3v) is 4.88. The van der Waals surface area contributed by atoms with Gasteiger partial charge in [-0.25, -0.2) is 0 Å². The maximum absolute atomic E-state index is 11.0. The van der Waals surface area contributed by atoms with Gasteiger partial charge in [-0.15, -0.1) is 0 Å². The van der Waals surface area contributed by atoms with Gasteiger partial charge in [0.25, 0.3) is 0 Å². The van der Waals surface area contributed by atoms with Crippen molar-refractivity contribution in [2.75, 3.05) is 13.1 Å². The summed E-state index contributed by atoms with van der Waals surface area (Å²) in [4.78, 5) is 13.3. The Morgan fingerprint density at radius 1 is 1.40 bits per heavy atom. The van der Waals surface area contributed by atoms with Crippen molar-refractivity contribution in [2.45, 2.75) is 32.2 Å². The van der Waals surface area contributed by atoms with Crippen molar-refractivity contribution in [3.05, 3.63) is 33.8 Å². The summed E-state index contributed by atoms with van der Waals surface area (Å²) >= 11 is 12.4. The molecule has 1 atom stereocenters. The second-order valence-electron chi connectivity index (χ2n) is 5.22. The summed E-state index contributed by atoms with van der Waals surface area (Å²) in [5.74, 6) is -0.892. The molecule has 1 aliphatic heterocycles. The lowest BCUT2D eigenvalue weighted by molar-refractivity contribution is -0.143. The van der Waals surface area contributed by atoms with Crippen LogP contribution in [0.4, 0.5) is 0 Å². The number of rotatable bonds is 4. The van der Waals surface area contributed by atoms with Gasteiger partial charge in [0, 0.05) is 6.04 Å². The Balaban J connectivity index is 2.14. The molecule has 1 saturated heterocycles. The standard InChI is InChI=1S/C15H19Cl2NO2/c1-2-13(11-4-3-5-12(16)14(11)17)18-8-6-10(7-9-18)15(19)20/h3-5,10,13H,2,6-9H2,1H3,(H,19,20). The van der Waals surface area contributed by atoms with E-state index >= 15 is 0 Å². The molecule has 5 heteroatoms.